The summed E-state index contributed by atoms with van der Waals surface area (Å²) in [6.45, 7) is 10.3. The van der Waals surface area contributed by atoms with E-state index in [9.17, 15) is 24.9 Å². The zero-order valence-corrected chi connectivity index (χ0v) is 22.0. The number of hydrogen-bond donors (Lipinski definition) is 3. The molecule has 1 saturated heterocycles. The van der Waals surface area contributed by atoms with E-state index in [0.29, 0.717) is 30.6 Å². The highest BCUT2D eigenvalue weighted by atomic mass is 16.5. The summed E-state index contributed by atoms with van der Waals surface area (Å²) in [6, 6.07) is 3.12. The van der Waals surface area contributed by atoms with Crippen LogP contribution in [0.5, 0.6) is 11.5 Å². The number of ketones is 2. The minimum absolute atomic E-state index is 0.0104. The van der Waals surface area contributed by atoms with Gasteiger partial charge in [-0.25, -0.2) is 0 Å². The third kappa shape index (κ3) is 8.02. The van der Waals surface area contributed by atoms with E-state index in [1.54, 1.807) is 39.8 Å². The molecule has 1 fully saturated rings. The van der Waals surface area contributed by atoms with Crippen molar-refractivity contribution in [2.24, 2.45) is 0 Å². The highest BCUT2D eigenvalue weighted by Gasteiger charge is 2.48. The summed E-state index contributed by atoms with van der Waals surface area (Å²) in [4.78, 5) is 25.0. The first-order chi connectivity index (χ1) is 16.1. The van der Waals surface area contributed by atoms with Gasteiger partial charge in [0.2, 0.25) is 0 Å². The van der Waals surface area contributed by atoms with Crippen LogP contribution >= 0.6 is 0 Å². The number of methoxy groups -OCH3 is 1. The molecule has 1 heterocycles. The molecule has 0 bridgehead atoms. The van der Waals surface area contributed by atoms with E-state index >= 15 is 0 Å². The zero-order chi connectivity index (χ0) is 26.6. The van der Waals surface area contributed by atoms with Crippen LogP contribution in [0.4, 0.5) is 0 Å². The van der Waals surface area contributed by atoms with Gasteiger partial charge in [0, 0.05) is 18.4 Å². The number of aryl methyl sites for hydroxylation is 1. The van der Waals surface area contributed by atoms with Gasteiger partial charge in [0.15, 0.2) is 11.6 Å². The minimum Gasteiger partial charge on any atom is -0.508 e. The Kier molecular flexibility index (Phi) is 9.09. The van der Waals surface area contributed by atoms with Gasteiger partial charge in [0.25, 0.3) is 0 Å². The van der Waals surface area contributed by atoms with Crippen LogP contribution in [0, 0.1) is 6.92 Å². The normalized spacial score (nSPS) is 23.1. The van der Waals surface area contributed by atoms with E-state index in [4.69, 9.17) is 9.47 Å². The monoisotopic (exact) mass is 488 g/mol. The Morgan fingerprint density at radius 3 is 2.51 bits per heavy atom. The summed E-state index contributed by atoms with van der Waals surface area (Å²) < 4.78 is 11.3. The standard InChI is InChI=1S/C28H40O7/c1-18(9-8-11-28(6)23(31)16-24(35-28)26(3,4)32)13-22(30)17-27(5,33)12-10-20-15-21(29)14-19(2)25(20)34-7/h10,12-15,24,29,32-33H,8-9,11,16-17H2,1-7H3. The fourth-order valence-corrected chi connectivity index (χ4v) is 4.37. The fourth-order valence-electron chi connectivity index (χ4n) is 4.37. The number of carbonyl (C=O) groups is 2. The van der Waals surface area contributed by atoms with Gasteiger partial charge in [-0.2, -0.15) is 0 Å². The Balaban J connectivity index is 1.94. The SMILES string of the molecule is COc1c(C)cc(O)cc1C=CC(C)(O)CC(=O)C=C(C)CCCC1(C)OC(C(C)(C)O)CC1=O. The second kappa shape index (κ2) is 11.1. The quantitative estimate of drug-likeness (QED) is 0.395. The van der Waals surface area contributed by atoms with Crippen molar-refractivity contribution in [1.29, 1.82) is 0 Å². The molecule has 7 nitrogen and oxygen atoms in total. The third-order valence-electron chi connectivity index (χ3n) is 6.43. The van der Waals surface area contributed by atoms with Gasteiger partial charge in [0.1, 0.15) is 17.1 Å². The van der Waals surface area contributed by atoms with Gasteiger partial charge in [-0.1, -0.05) is 17.7 Å². The lowest BCUT2D eigenvalue weighted by Gasteiger charge is -2.28. The van der Waals surface area contributed by atoms with Crippen molar-refractivity contribution in [2.75, 3.05) is 7.11 Å². The van der Waals surface area contributed by atoms with Crippen LogP contribution in [0.2, 0.25) is 0 Å². The molecule has 1 aromatic rings. The molecule has 0 aliphatic carbocycles. The summed E-state index contributed by atoms with van der Waals surface area (Å²) in [5, 5.41) is 30.7. The lowest BCUT2D eigenvalue weighted by Crippen LogP contribution is -2.38. The number of carbonyl (C=O) groups excluding carboxylic acids is 2. The van der Waals surface area contributed by atoms with Crippen molar-refractivity contribution in [3.8, 4) is 11.5 Å². The number of phenols is 1. The van der Waals surface area contributed by atoms with Crippen molar-refractivity contribution in [1.82, 2.24) is 0 Å². The molecule has 1 aromatic carbocycles. The fraction of sp³-hybridized carbons (Fsp3) is 0.571. The van der Waals surface area contributed by atoms with Crippen LogP contribution in [0.3, 0.4) is 0 Å². The van der Waals surface area contributed by atoms with Crippen LogP contribution in [0.25, 0.3) is 6.08 Å². The Labute approximate surface area is 208 Å². The first-order valence-electron chi connectivity index (χ1n) is 12.0. The van der Waals surface area contributed by atoms with Crippen molar-refractivity contribution in [2.45, 2.75) is 96.6 Å². The van der Waals surface area contributed by atoms with E-state index in [0.717, 1.165) is 11.1 Å². The number of benzene rings is 1. The molecule has 1 aliphatic heterocycles. The maximum Gasteiger partial charge on any atom is 0.167 e. The van der Waals surface area contributed by atoms with Gasteiger partial charge < -0.3 is 24.8 Å². The minimum atomic E-state index is -1.39. The van der Waals surface area contributed by atoms with Gasteiger partial charge in [-0.05, 0) is 84.6 Å². The number of aliphatic hydroxyl groups is 2. The number of rotatable bonds is 11. The number of aromatic hydroxyl groups is 1. The van der Waals surface area contributed by atoms with Crippen LogP contribution in [-0.4, -0.2) is 56.9 Å². The third-order valence-corrected chi connectivity index (χ3v) is 6.43. The molecule has 3 unspecified atom stereocenters. The molecular formula is C28H40O7. The summed E-state index contributed by atoms with van der Waals surface area (Å²) in [5.41, 5.74) is -1.17. The number of allylic oxidation sites excluding steroid dienone is 2. The van der Waals surface area contributed by atoms with Crippen LogP contribution < -0.4 is 4.74 Å². The largest absolute Gasteiger partial charge is 0.508 e. The van der Waals surface area contributed by atoms with Gasteiger partial charge in [-0.3, -0.25) is 9.59 Å². The van der Waals surface area contributed by atoms with Gasteiger partial charge in [-0.15, -0.1) is 0 Å². The lowest BCUT2D eigenvalue weighted by atomic mass is 9.91. The number of hydrogen-bond acceptors (Lipinski definition) is 7. The molecule has 1 aliphatic rings. The number of ether oxygens (including phenoxy) is 2. The molecule has 0 radical (unpaired) electrons. The van der Waals surface area contributed by atoms with Gasteiger partial charge in [0.05, 0.1) is 24.4 Å². The molecule has 0 saturated carbocycles. The van der Waals surface area contributed by atoms with Crippen LogP contribution in [0.15, 0.2) is 29.9 Å². The Bertz CT molecular complexity index is 997. The molecule has 0 amide bonds. The van der Waals surface area contributed by atoms with Crippen molar-refractivity contribution < 1.29 is 34.4 Å². The van der Waals surface area contributed by atoms with E-state index in [1.165, 1.54) is 25.3 Å². The Hall–Kier alpha value is -2.48. The molecule has 0 aromatic heterocycles. The maximum atomic E-state index is 12.6. The molecule has 35 heavy (non-hydrogen) atoms. The number of Topliss-reactive ketones (excluding diaryl/α,β-unsaturated/α-hetero) is 1. The van der Waals surface area contributed by atoms with E-state index in [-0.39, 0.29) is 30.2 Å². The van der Waals surface area contributed by atoms with E-state index < -0.39 is 22.9 Å². The lowest BCUT2D eigenvalue weighted by molar-refractivity contribution is -0.141. The first-order valence-corrected chi connectivity index (χ1v) is 12.0. The van der Waals surface area contributed by atoms with Crippen LogP contribution in [-0.2, 0) is 14.3 Å². The van der Waals surface area contributed by atoms with E-state index in [1.807, 2.05) is 13.8 Å². The summed E-state index contributed by atoms with van der Waals surface area (Å²) in [6.07, 6.45) is 6.04. The molecule has 3 N–H and O–H groups in total. The predicted octanol–water partition coefficient (Wildman–Crippen LogP) is 4.44. The average Bonchev–Trinajstić information content (AvgIpc) is 3.00. The molecule has 7 heteroatoms. The van der Waals surface area contributed by atoms with Crippen LogP contribution in [0.1, 0.15) is 77.8 Å². The predicted molar refractivity (Wildman–Crippen MR) is 135 cm³/mol. The Morgan fingerprint density at radius 1 is 1.29 bits per heavy atom. The first kappa shape index (κ1) is 28.8. The zero-order valence-electron chi connectivity index (χ0n) is 22.0. The van der Waals surface area contributed by atoms with Crippen molar-refractivity contribution >= 4 is 17.6 Å². The summed E-state index contributed by atoms with van der Waals surface area (Å²) >= 11 is 0. The highest BCUT2D eigenvalue weighted by molar-refractivity contribution is 5.91. The maximum absolute atomic E-state index is 12.6. The second-order valence-corrected chi connectivity index (χ2v) is 10.7. The highest BCUT2D eigenvalue weighted by Crippen LogP contribution is 2.36. The molecule has 2 rings (SSSR count). The van der Waals surface area contributed by atoms with Gasteiger partial charge >= 0.3 is 0 Å². The molecule has 194 valence electrons. The Morgan fingerprint density at radius 2 is 1.94 bits per heavy atom. The molecule has 0 spiro atoms. The summed E-state index contributed by atoms with van der Waals surface area (Å²) in [5.74, 6) is 0.456. The van der Waals surface area contributed by atoms with Crippen molar-refractivity contribution in [3.05, 3.63) is 41.0 Å². The molecular weight excluding hydrogens is 448 g/mol. The molecule has 3 atom stereocenters. The smallest absolute Gasteiger partial charge is 0.167 e. The number of phenolic OH excluding ortho intramolecular Hbond substituents is 1. The van der Waals surface area contributed by atoms with E-state index in [2.05, 4.69) is 0 Å². The van der Waals surface area contributed by atoms with Crippen molar-refractivity contribution in [3.63, 3.8) is 0 Å². The average molecular weight is 489 g/mol. The second-order valence-electron chi connectivity index (χ2n) is 10.7. The topological polar surface area (TPSA) is 113 Å². The summed E-state index contributed by atoms with van der Waals surface area (Å²) in [7, 11) is 1.53.